The maximum absolute atomic E-state index is 12.4. The van der Waals surface area contributed by atoms with Crippen molar-refractivity contribution in [3.8, 4) is 0 Å². The zero-order valence-electron chi connectivity index (χ0n) is 15.5. The van der Waals surface area contributed by atoms with Crippen molar-refractivity contribution < 1.29 is 14.7 Å². The average molecular weight is 377 g/mol. The fourth-order valence-electron chi connectivity index (χ4n) is 3.81. The number of carbonyl (C=O) groups excluding carboxylic acids is 2. The highest BCUT2D eigenvalue weighted by Gasteiger charge is 2.32. The molecule has 2 amide bonds. The molecule has 0 radical (unpaired) electrons. The molecule has 6 nitrogen and oxygen atoms in total. The van der Waals surface area contributed by atoms with Gasteiger partial charge in [0.2, 0.25) is 11.8 Å². The van der Waals surface area contributed by atoms with Gasteiger partial charge in [-0.15, -0.1) is 0 Å². The highest BCUT2D eigenvalue weighted by atomic mass is 16.3. The Bertz CT molecular complexity index is 910. The number of amides is 2. The lowest BCUT2D eigenvalue weighted by Gasteiger charge is -2.18. The van der Waals surface area contributed by atoms with Crippen molar-refractivity contribution in [1.29, 1.82) is 0 Å². The number of benzene rings is 2. The van der Waals surface area contributed by atoms with Gasteiger partial charge in [0.05, 0.1) is 24.4 Å². The second-order valence-electron chi connectivity index (χ2n) is 7.20. The fourth-order valence-corrected chi connectivity index (χ4v) is 3.81. The Morgan fingerprint density at radius 3 is 2.64 bits per heavy atom. The first-order chi connectivity index (χ1) is 13.6. The van der Waals surface area contributed by atoms with E-state index in [1.165, 1.54) is 5.01 Å². The minimum atomic E-state index is -0.631. The van der Waals surface area contributed by atoms with Crippen LogP contribution in [-0.2, 0) is 16.0 Å². The summed E-state index contributed by atoms with van der Waals surface area (Å²) in [6, 6.07) is 17.1. The number of nitrogens with zero attached hydrogens (tertiary/aromatic N) is 2. The van der Waals surface area contributed by atoms with Crippen LogP contribution in [0.25, 0.3) is 0 Å². The minimum Gasteiger partial charge on any atom is -0.390 e. The SMILES string of the molecule is O=C(CCC(=O)N1CCC(c2ccccc2)=N1)NC1c2ccccc2CC1O. The molecular weight excluding hydrogens is 354 g/mol. The monoisotopic (exact) mass is 377 g/mol. The van der Waals surface area contributed by atoms with E-state index in [-0.39, 0.29) is 24.7 Å². The quantitative estimate of drug-likeness (QED) is 0.838. The number of nitrogens with one attached hydrogen (secondary N) is 1. The first-order valence-electron chi connectivity index (χ1n) is 9.60. The molecule has 2 aromatic carbocycles. The van der Waals surface area contributed by atoms with E-state index in [1.54, 1.807) is 0 Å². The van der Waals surface area contributed by atoms with E-state index in [1.807, 2.05) is 54.6 Å². The molecule has 144 valence electrons. The molecule has 6 heteroatoms. The number of rotatable bonds is 5. The Labute approximate surface area is 163 Å². The summed E-state index contributed by atoms with van der Waals surface area (Å²) in [7, 11) is 0. The van der Waals surface area contributed by atoms with Crippen LogP contribution in [-0.4, -0.2) is 40.3 Å². The van der Waals surface area contributed by atoms with Crippen molar-refractivity contribution in [2.45, 2.75) is 37.8 Å². The summed E-state index contributed by atoms with van der Waals surface area (Å²) < 4.78 is 0. The molecule has 4 rings (SSSR count). The molecule has 1 heterocycles. The van der Waals surface area contributed by atoms with Crippen LogP contribution in [0.5, 0.6) is 0 Å². The zero-order valence-corrected chi connectivity index (χ0v) is 15.5. The Morgan fingerprint density at radius 2 is 1.82 bits per heavy atom. The van der Waals surface area contributed by atoms with Crippen LogP contribution in [0.15, 0.2) is 59.7 Å². The van der Waals surface area contributed by atoms with E-state index in [2.05, 4.69) is 10.4 Å². The topological polar surface area (TPSA) is 82.0 Å². The van der Waals surface area contributed by atoms with Gasteiger partial charge in [-0.2, -0.15) is 5.10 Å². The summed E-state index contributed by atoms with van der Waals surface area (Å²) in [5.74, 6) is -0.394. The van der Waals surface area contributed by atoms with Crippen LogP contribution in [0.2, 0.25) is 0 Å². The Kier molecular flexibility index (Phi) is 5.21. The maximum Gasteiger partial charge on any atom is 0.243 e. The van der Waals surface area contributed by atoms with E-state index >= 15 is 0 Å². The van der Waals surface area contributed by atoms with Crippen molar-refractivity contribution in [3.05, 3.63) is 71.3 Å². The standard InChI is InChI=1S/C22H23N3O3/c26-19-14-16-8-4-5-9-17(16)22(19)23-20(27)10-11-21(28)25-13-12-18(24-25)15-6-2-1-3-7-15/h1-9,19,22,26H,10-14H2,(H,23,27). The van der Waals surface area contributed by atoms with Gasteiger partial charge in [0, 0.05) is 25.7 Å². The number of hydrogen-bond donors (Lipinski definition) is 2. The molecule has 2 unspecified atom stereocenters. The average Bonchev–Trinajstić information content (AvgIpc) is 3.32. The first-order valence-corrected chi connectivity index (χ1v) is 9.60. The summed E-state index contributed by atoms with van der Waals surface area (Å²) >= 11 is 0. The van der Waals surface area contributed by atoms with Crippen LogP contribution in [0, 0.1) is 0 Å². The second-order valence-corrected chi connectivity index (χ2v) is 7.20. The molecule has 0 fully saturated rings. The Hall–Kier alpha value is -2.99. The lowest BCUT2D eigenvalue weighted by atomic mass is 10.1. The van der Waals surface area contributed by atoms with Gasteiger partial charge in [0.15, 0.2) is 0 Å². The van der Waals surface area contributed by atoms with Gasteiger partial charge < -0.3 is 10.4 Å². The fraction of sp³-hybridized carbons (Fsp3) is 0.318. The number of carbonyl (C=O) groups is 2. The predicted molar refractivity (Wildman–Crippen MR) is 106 cm³/mol. The van der Waals surface area contributed by atoms with Gasteiger partial charge in [-0.1, -0.05) is 54.6 Å². The zero-order chi connectivity index (χ0) is 19.5. The molecule has 2 N–H and O–H groups in total. The summed E-state index contributed by atoms with van der Waals surface area (Å²) in [6.45, 7) is 0.541. The highest BCUT2D eigenvalue weighted by molar-refractivity contribution is 6.02. The van der Waals surface area contributed by atoms with E-state index < -0.39 is 12.1 Å². The lowest BCUT2D eigenvalue weighted by molar-refractivity contribution is -0.133. The number of aliphatic hydroxyl groups excluding tert-OH is 1. The summed E-state index contributed by atoms with van der Waals surface area (Å²) in [5.41, 5.74) is 3.91. The number of fused-ring (bicyclic) bond motifs is 1. The summed E-state index contributed by atoms with van der Waals surface area (Å²) in [6.07, 6.45) is 0.796. The second kappa shape index (κ2) is 7.94. The highest BCUT2D eigenvalue weighted by Crippen LogP contribution is 2.31. The third-order valence-corrected chi connectivity index (χ3v) is 5.28. The number of hydrazone groups is 1. The minimum absolute atomic E-state index is 0.0803. The largest absolute Gasteiger partial charge is 0.390 e. The molecule has 0 aromatic heterocycles. The molecule has 28 heavy (non-hydrogen) atoms. The van der Waals surface area contributed by atoms with Crippen molar-refractivity contribution in [2.24, 2.45) is 5.10 Å². The van der Waals surface area contributed by atoms with Crippen LogP contribution < -0.4 is 5.32 Å². The van der Waals surface area contributed by atoms with Crippen LogP contribution >= 0.6 is 0 Å². The lowest BCUT2D eigenvalue weighted by Crippen LogP contribution is -2.34. The van der Waals surface area contributed by atoms with Gasteiger partial charge >= 0.3 is 0 Å². The van der Waals surface area contributed by atoms with Gasteiger partial charge in [0.25, 0.3) is 0 Å². The van der Waals surface area contributed by atoms with E-state index in [0.717, 1.165) is 22.4 Å². The molecule has 1 aliphatic heterocycles. The molecule has 0 bridgehead atoms. The van der Waals surface area contributed by atoms with Crippen molar-refractivity contribution in [1.82, 2.24) is 10.3 Å². The normalized spacial score (nSPS) is 20.6. The molecule has 2 aliphatic rings. The summed E-state index contributed by atoms with van der Waals surface area (Å²) in [5, 5.41) is 19.0. The third kappa shape index (κ3) is 3.82. The number of hydrogen-bond acceptors (Lipinski definition) is 4. The first kappa shape index (κ1) is 18.4. The molecule has 2 aromatic rings. The van der Waals surface area contributed by atoms with Gasteiger partial charge in [-0.25, -0.2) is 5.01 Å². The maximum atomic E-state index is 12.4. The molecule has 0 saturated carbocycles. The van der Waals surface area contributed by atoms with Gasteiger partial charge in [-0.05, 0) is 16.7 Å². The molecule has 0 spiro atoms. The number of aliphatic hydroxyl groups is 1. The molecule has 0 saturated heterocycles. The van der Waals surface area contributed by atoms with Crippen molar-refractivity contribution >= 4 is 17.5 Å². The van der Waals surface area contributed by atoms with Crippen LogP contribution in [0.4, 0.5) is 0 Å². The Balaban J connectivity index is 1.31. The summed E-state index contributed by atoms with van der Waals surface area (Å²) in [4.78, 5) is 24.7. The van der Waals surface area contributed by atoms with Gasteiger partial charge in [0.1, 0.15) is 0 Å². The smallest absolute Gasteiger partial charge is 0.243 e. The molecule has 2 atom stereocenters. The van der Waals surface area contributed by atoms with E-state index in [9.17, 15) is 14.7 Å². The van der Waals surface area contributed by atoms with Gasteiger partial charge in [-0.3, -0.25) is 9.59 Å². The Morgan fingerprint density at radius 1 is 1.07 bits per heavy atom. The van der Waals surface area contributed by atoms with E-state index in [0.29, 0.717) is 19.4 Å². The van der Waals surface area contributed by atoms with E-state index in [4.69, 9.17) is 0 Å². The third-order valence-electron chi connectivity index (χ3n) is 5.28. The van der Waals surface area contributed by atoms with Crippen LogP contribution in [0.3, 0.4) is 0 Å². The predicted octanol–water partition coefficient (Wildman–Crippen LogP) is 2.18. The van der Waals surface area contributed by atoms with Crippen molar-refractivity contribution in [2.75, 3.05) is 6.54 Å². The molecular formula is C22H23N3O3. The van der Waals surface area contributed by atoms with Crippen LogP contribution in [0.1, 0.15) is 42.0 Å². The molecule has 1 aliphatic carbocycles. The van der Waals surface area contributed by atoms with Crippen molar-refractivity contribution in [3.63, 3.8) is 0 Å².